The molecule has 8 atom stereocenters. The highest BCUT2D eigenvalue weighted by molar-refractivity contribution is 5.89. The number of epoxide rings is 1. The second kappa shape index (κ2) is 10.00. The van der Waals surface area contributed by atoms with E-state index in [0.29, 0.717) is 31.8 Å². The van der Waals surface area contributed by atoms with Gasteiger partial charge in [0.05, 0.1) is 37.6 Å². The summed E-state index contributed by atoms with van der Waals surface area (Å²) in [7, 11) is 1.70. The summed E-state index contributed by atoms with van der Waals surface area (Å²) >= 11 is 0. The molecule has 3 heterocycles. The third-order valence-corrected chi connectivity index (χ3v) is 10.1. The second-order valence-corrected chi connectivity index (χ2v) is 13.6. The molecule has 0 unspecified atom stereocenters. The van der Waals surface area contributed by atoms with E-state index >= 15 is 0 Å². The van der Waals surface area contributed by atoms with Crippen LogP contribution in [0.25, 0.3) is 0 Å². The van der Waals surface area contributed by atoms with Crippen molar-refractivity contribution in [3.8, 4) is 0 Å². The molecule has 8 nitrogen and oxygen atoms in total. The number of ether oxygens (including phenoxy) is 7. The Morgan fingerprint density at radius 3 is 2.34 bits per heavy atom. The molecular formula is C33H44O8. The Morgan fingerprint density at radius 2 is 1.66 bits per heavy atom. The van der Waals surface area contributed by atoms with Crippen molar-refractivity contribution in [2.75, 3.05) is 26.9 Å². The highest BCUT2D eigenvalue weighted by Gasteiger charge is 2.72. The van der Waals surface area contributed by atoms with Crippen LogP contribution in [0.3, 0.4) is 0 Å². The van der Waals surface area contributed by atoms with E-state index in [4.69, 9.17) is 33.2 Å². The number of hydrogen-bond donors (Lipinski definition) is 0. The van der Waals surface area contributed by atoms with Crippen LogP contribution >= 0.6 is 0 Å². The summed E-state index contributed by atoms with van der Waals surface area (Å²) in [5.41, 5.74) is -1.54. The molecule has 0 amide bonds. The molecule has 0 radical (unpaired) electrons. The molecule has 1 saturated carbocycles. The van der Waals surface area contributed by atoms with Crippen LogP contribution in [0, 0.1) is 22.7 Å². The molecule has 4 fully saturated rings. The summed E-state index contributed by atoms with van der Waals surface area (Å²) < 4.78 is 44.4. The van der Waals surface area contributed by atoms with Gasteiger partial charge in [0.25, 0.3) is 0 Å². The average Bonchev–Trinajstić information content (AvgIpc) is 3.64. The Kier molecular flexibility index (Phi) is 7.08. The van der Waals surface area contributed by atoms with E-state index in [1.807, 2.05) is 51.1 Å². The van der Waals surface area contributed by atoms with Gasteiger partial charge in [-0.3, -0.25) is 0 Å². The Bertz CT molecular complexity index is 1200. The third-order valence-electron chi connectivity index (χ3n) is 10.1. The summed E-state index contributed by atoms with van der Waals surface area (Å²) in [5.74, 6) is -2.40. The van der Waals surface area contributed by atoms with Gasteiger partial charge in [0.1, 0.15) is 17.8 Å². The third kappa shape index (κ3) is 4.81. The average molecular weight is 569 g/mol. The van der Waals surface area contributed by atoms with Crippen LogP contribution in [0.2, 0.25) is 0 Å². The topological polar surface area (TPSA) is 85.0 Å². The zero-order valence-electron chi connectivity index (χ0n) is 25.3. The summed E-state index contributed by atoms with van der Waals surface area (Å²) in [5, 5.41) is 0. The smallest absolute Gasteiger partial charge is 0.338 e. The van der Waals surface area contributed by atoms with Crippen molar-refractivity contribution < 1.29 is 38.0 Å². The molecule has 0 aromatic heterocycles. The molecule has 1 aromatic rings. The molecular weight excluding hydrogens is 524 g/mol. The first-order valence-electron chi connectivity index (χ1n) is 14.8. The van der Waals surface area contributed by atoms with Crippen LogP contribution < -0.4 is 0 Å². The van der Waals surface area contributed by atoms with Crippen LogP contribution in [0.5, 0.6) is 0 Å². The molecule has 8 heteroatoms. The molecule has 0 spiro atoms. The molecule has 6 rings (SSSR count). The Balaban J connectivity index is 1.52. The van der Waals surface area contributed by atoms with Crippen LogP contribution in [-0.4, -0.2) is 74.5 Å². The number of carbonyl (C=O) groups excluding carboxylic acids is 1. The minimum atomic E-state index is -1.06. The molecule has 0 N–H and O–H groups in total. The minimum Gasteiger partial charge on any atom is -0.455 e. The largest absolute Gasteiger partial charge is 0.455 e. The van der Waals surface area contributed by atoms with Crippen molar-refractivity contribution in [2.24, 2.45) is 22.7 Å². The van der Waals surface area contributed by atoms with E-state index in [1.54, 1.807) is 19.2 Å². The fraction of sp³-hybridized carbons (Fsp3) is 0.667. The lowest BCUT2D eigenvalue weighted by molar-refractivity contribution is -0.318. The van der Waals surface area contributed by atoms with Crippen molar-refractivity contribution in [3.05, 3.63) is 60.2 Å². The SMILES string of the molecule is CO[C@]1(/C=C/C2(C)OCCO2)[C@H](OC(=O)c2ccccc2)[C@H]2[C@@H]3COC(C)(C)O[C@H]3[C@H]3O[C@H]3[C@@]2(C)/C=C\CC1(C)C. The van der Waals surface area contributed by atoms with Crippen molar-refractivity contribution in [2.45, 2.75) is 89.6 Å². The number of benzene rings is 1. The standard InChI is InChI=1S/C33H44O8/c1-29(2)14-11-15-31(5)23(22-20-38-30(3,4)41-24(22)25-27(31)39-25)26(40-28(34)21-12-9-8-10-13-21)33(29,35-7)17-16-32(6)36-18-19-37-32/h8-13,15-17,22-27H,14,18-20H2,1-7H3/b15-11-,17-16+/t22-,23+,24+,25+,26+,27+,31-,33+/m0/s1. The Morgan fingerprint density at radius 1 is 0.951 bits per heavy atom. The minimum absolute atomic E-state index is 0.0429. The highest BCUT2D eigenvalue weighted by Crippen LogP contribution is 2.63. The number of methoxy groups -OCH3 is 1. The van der Waals surface area contributed by atoms with Gasteiger partial charge < -0.3 is 33.2 Å². The van der Waals surface area contributed by atoms with Crippen molar-refractivity contribution >= 4 is 5.97 Å². The zero-order valence-corrected chi connectivity index (χ0v) is 25.3. The van der Waals surface area contributed by atoms with Gasteiger partial charge in [-0.1, -0.05) is 51.1 Å². The first-order chi connectivity index (χ1) is 19.3. The highest BCUT2D eigenvalue weighted by atomic mass is 16.7. The summed E-state index contributed by atoms with van der Waals surface area (Å²) in [6.07, 6.45) is 8.10. The van der Waals surface area contributed by atoms with E-state index in [9.17, 15) is 4.79 Å². The van der Waals surface area contributed by atoms with Gasteiger partial charge >= 0.3 is 5.97 Å². The van der Waals surface area contributed by atoms with Crippen molar-refractivity contribution in [1.29, 1.82) is 0 Å². The first-order valence-corrected chi connectivity index (χ1v) is 14.8. The fourth-order valence-electron chi connectivity index (χ4n) is 7.76. The first kappa shape index (κ1) is 29.0. The Labute approximate surface area is 243 Å². The zero-order chi connectivity index (χ0) is 29.3. The lowest BCUT2D eigenvalue weighted by Gasteiger charge is -2.58. The Hall–Kier alpha value is -2.07. The lowest BCUT2D eigenvalue weighted by Crippen LogP contribution is -2.67. The van der Waals surface area contributed by atoms with E-state index in [2.05, 4.69) is 32.9 Å². The van der Waals surface area contributed by atoms with E-state index in [0.717, 1.165) is 0 Å². The predicted molar refractivity (Wildman–Crippen MR) is 151 cm³/mol. The number of allylic oxidation sites excluding steroid dienone is 1. The van der Waals surface area contributed by atoms with E-state index < -0.39 is 40.1 Å². The monoisotopic (exact) mass is 568 g/mol. The predicted octanol–water partition coefficient (Wildman–Crippen LogP) is 5.07. The summed E-state index contributed by atoms with van der Waals surface area (Å²) in [6.45, 7) is 13.8. The molecule has 3 aliphatic heterocycles. The van der Waals surface area contributed by atoms with Crippen molar-refractivity contribution in [1.82, 2.24) is 0 Å². The number of fused-ring (bicyclic) bond motifs is 6. The number of esters is 1. The van der Waals surface area contributed by atoms with Gasteiger partial charge in [0, 0.05) is 29.8 Å². The second-order valence-electron chi connectivity index (χ2n) is 13.6. The fourth-order valence-corrected chi connectivity index (χ4v) is 7.76. The number of hydrogen-bond acceptors (Lipinski definition) is 8. The van der Waals surface area contributed by atoms with Crippen LogP contribution in [0.15, 0.2) is 54.6 Å². The van der Waals surface area contributed by atoms with Gasteiger partial charge in [-0.2, -0.15) is 0 Å². The van der Waals surface area contributed by atoms with Gasteiger partial charge in [0.2, 0.25) is 0 Å². The van der Waals surface area contributed by atoms with E-state index in [1.165, 1.54) is 0 Å². The van der Waals surface area contributed by atoms with E-state index in [-0.39, 0.29) is 30.1 Å². The van der Waals surface area contributed by atoms with Crippen molar-refractivity contribution in [3.63, 3.8) is 0 Å². The molecule has 224 valence electrons. The number of carbonyl (C=O) groups is 1. The van der Waals surface area contributed by atoms with Crippen LogP contribution in [0.1, 0.15) is 58.3 Å². The molecule has 0 bridgehead atoms. The maximum Gasteiger partial charge on any atom is 0.338 e. The summed E-state index contributed by atoms with van der Waals surface area (Å²) in [6, 6.07) is 9.13. The normalized spacial score (nSPS) is 42.7. The molecule has 2 aliphatic carbocycles. The molecule has 1 aromatic carbocycles. The van der Waals surface area contributed by atoms with Gasteiger partial charge in [0.15, 0.2) is 11.6 Å². The van der Waals surface area contributed by atoms with Gasteiger partial charge in [-0.05, 0) is 51.5 Å². The maximum absolute atomic E-state index is 13.9. The quantitative estimate of drug-likeness (QED) is 0.277. The maximum atomic E-state index is 13.9. The number of rotatable bonds is 5. The van der Waals surface area contributed by atoms with Crippen LogP contribution in [-0.2, 0) is 33.2 Å². The molecule has 3 saturated heterocycles. The van der Waals surface area contributed by atoms with Gasteiger partial charge in [-0.25, -0.2) is 4.79 Å². The van der Waals surface area contributed by atoms with Gasteiger partial charge in [-0.15, -0.1) is 0 Å². The lowest BCUT2D eigenvalue weighted by atomic mass is 9.52. The van der Waals surface area contributed by atoms with Crippen LogP contribution in [0.4, 0.5) is 0 Å². The molecule has 5 aliphatic rings. The summed E-state index contributed by atoms with van der Waals surface area (Å²) in [4.78, 5) is 13.9. The molecule has 41 heavy (non-hydrogen) atoms.